The van der Waals surface area contributed by atoms with E-state index < -0.39 is 0 Å². The minimum atomic E-state index is 0.0688. The molecule has 1 aromatic heterocycles. The molecule has 1 heterocycles. The predicted octanol–water partition coefficient (Wildman–Crippen LogP) is 3.89. The molecule has 1 unspecified atom stereocenters. The summed E-state index contributed by atoms with van der Waals surface area (Å²) in [6.07, 6.45) is 8.40. The van der Waals surface area contributed by atoms with Crippen LogP contribution in [0.5, 0.6) is 0 Å². The number of hydrogen-bond acceptors (Lipinski definition) is 4. The van der Waals surface area contributed by atoms with Crippen LogP contribution >= 0.6 is 11.8 Å². The second kappa shape index (κ2) is 9.30. The third-order valence-electron chi connectivity index (χ3n) is 4.38. The van der Waals surface area contributed by atoms with Gasteiger partial charge in [-0.2, -0.15) is 0 Å². The minimum absolute atomic E-state index is 0.0688. The third-order valence-corrected chi connectivity index (χ3v) is 5.23. The molecule has 0 bridgehead atoms. The molecule has 130 valence electrons. The van der Waals surface area contributed by atoms with Crippen LogP contribution in [0, 0.1) is 5.92 Å². The van der Waals surface area contributed by atoms with E-state index in [1.165, 1.54) is 43.9 Å². The SMILES string of the molecule is CC(C)CCCC(C)NC(=O)CSc1n[nH]c(C2CCCC2)n1. The fourth-order valence-corrected chi connectivity index (χ4v) is 3.67. The second-order valence-corrected chi connectivity index (χ2v) is 8.01. The van der Waals surface area contributed by atoms with Crippen molar-refractivity contribution in [2.75, 3.05) is 5.75 Å². The smallest absolute Gasteiger partial charge is 0.230 e. The zero-order valence-corrected chi connectivity index (χ0v) is 15.4. The lowest BCUT2D eigenvalue weighted by molar-refractivity contribution is -0.119. The molecule has 1 fully saturated rings. The number of nitrogens with zero attached hydrogens (tertiary/aromatic N) is 2. The van der Waals surface area contributed by atoms with Gasteiger partial charge in [0.05, 0.1) is 5.75 Å². The van der Waals surface area contributed by atoms with Gasteiger partial charge in [0.15, 0.2) is 0 Å². The molecule has 1 aromatic rings. The first kappa shape index (κ1) is 18.3. The van der Waals surface area contributed by atoms with Crippen LogP contribution in [-0.4, -0.2) is 32.9 Å². The van der Waals surface area contributed by atoms with Gasteiger partial charge in [-0.05, 0) is 32.1 Å². The van der Waals surface area contributed by atoms with Gasteiger partial charge in [-0.15, -0.1) is 5.10 Å². The number of nitrogens with one attached hydrogen (secondary N) is 2. The first-order valence-corrected chi connectivity index (χ1v) is 9.87. The van der Waals surface area contributed by atoms with Crippen molar-refractivity contribution in [1.29, 1.82) is 0 Å². The molecule has 1 aliphatic carbocycles. The zero-order valence-electron chi connectivity index (χ0n) is 14.6. The Kier molecular flexibility index (Phi) is 7.40. The molecule has 0 saturated heterocycles. The maximum atomic E-state index is 12.0. The molecule has 1 amide bonds. The van der Waals surface area contributed by atoms with Crippen LogP contribution < -0.4 is 5.32 Å². The van der Waals surface area contributed by atoms with Crippen LogP contribution in [0.15, 0.2) is 5.16 Å². The molecule has 2 rings (SSSR count). The standard InChI is InChI=1S/C17H30N4OS/c1-12(2)7-6-8-13(3)18-15(22)11-23-17-19-16(20-21-17)14-9-4-5-10-14/h12-14H,4-11H2,1-3H3,(H,18,22)(H,19,20,21). The van der Waals surface area contributed by atoms with Gasteiger partial charge in [0, 0.05) is 12.0 Å². The molecular formula is C17H30N4OS. The van der Waals surface area contributed by atoms with Crippen molar-refractivity contribution >= 4 is 17.7 Å². The average molecular weight is 339 g/mol. The van der Waals surface area contributed by atoms with Gasteiger partial charge >= 0.3 is 0 Å². The lowest BCUT2D eigenvalue weighted by Crippen LogP contribution is -2.33. The predicted molar refractivity (Wildman–Crippen MR) is 94.6 cm³/mol. The van der Waals surface area contributed by atoms with Crippen molar-refractivity contribution in [3.05, 3.63) is 5.82 Å². The van der Waals surface area contributed by atoms with E-state index in [0.717, 1.165) is 24.6 Å². The third kappa shape index (κ3) is 6.53. The lowest BCUT2D eigenvalue weighted by atomic mass is 10.0. The van der Waals surface area contributed by atoms with Crippen LogP contribution in [0.4, 0.5) is 0 Å². The summed E-state index contributed by atoms with van der Waals surface area (Å²) >= 11 is 1.41. The molecule has 0 radical (unpaired) electrons. The van der Waals surface area contributed by atoms with E-state index in [4.69, 9.17) is 0 Å². The van der Waals surface area contributed by atoms with Crippen LogP contribution in [0.2, 0.25) is 0 Å². The highest BCUT2D eigenvalue weighted by molar-refractivity contribution is 7.99. The van der Waals surface area contributed by atoms with E-state index in [2.05, 4.69) is 41.3 Å². The summed E-state index contributed by atoms with van der Waals surface area (Å²) < 4.78 is 0. The topological polar surface area (TPSA) is 70.7 Å². The van der Waals surface area contributed by atoms with Crippen LogP contribution in [0.3, 0.4) is 0 Å². The van der Waals surface area contributed by atoms with Crippen LogP contribution in [-0.2, 0) is 4.79 Å². The average Bonchev–Trinajstić information content (AvgIpc) is 3.15. The summed E-state index contributed by atoms with van der Waals surface area (Å²) in [5, 5.41) is 11.0. The summed E-state index contributed by atoms with van der Waals surface area (Å²) in [6.45, 7) is 6.54. The Bertz CT molecular complexity index is 483. The minimum Gasteiger partial charge on any atom is -0.353 e. The maximum absolute atomic E-state index is 12.0. The van der Waals surface area contributed by atoms with E-state index in [1.807, 2.05) is 0 Å². The number of carbonyl (C=O) groups excluding carboxylic acids is 1. The number of aromatic amines is 1. The van der Waals surface area contributed by atoms with E-state index in [9.17, 15) is 4.79 Å². The highest BCUT2D eigenvalue weighted by atomic mass is 32.2. The van der Waals surface area contributed by atoms with Crippen molar-refractivity contribution in [2.45, 2.75) is 82.8 Å². The fraction of sp³-hybridized carbons (Fsp3) is 0.824. The number of rotatable bonds is 9. The van der Waals surface area contributed by atoms with Gasteiger partial charge in [0.1, 0.15) is 5.82 Å². The Morgan fingerprint density at radius 1 is 1.30 bits per heavy atom. The number of H-pyrrole nitrogens is 1. The highest BCUT2D eigenvalue weighted by Gasteiger charge is 2.21. The summed E-state index contributed by atoms with van der Waals surface area (Å²) in [7, 11) is 0. The van der Waals surface area contributed by atoms with Gasteiger partial charge in [0.2, 0.25) is 11.1 Å². The van der Waals surface area contributed by atoms with Gasteiger partial charge in [-0.25, -0.2) is 4.98 Å². The highest BCUT2D eigenvalue weighted by Crippen LogP contribution is 2.32. The molecule has 0 spiro atoms. The van der Waals surface area contributed by atoms with E-state index in [1.54, 1.807) is 0 Å². The molecule has 5 nitrogen and oxygen atoms in total. The monoisotopic (exact) mass is 338 g/mol. The molecule has 1 aliphatic rings. The molecule has 1 saturated carbocycles. The molecular weight excluding hydrogens is 308 g/mol. The summed E-state index contributed by atoms with van der Waals surface area (Å²) in [4.78, 5) is 16.5. The van der Waals surface area contributed by atoms with Crippen molar-refractivity contribution in [3.8, 4) is 0 Å². The lowest BCUT2D eigenvalue weighted by Gasteiger charge is -2.14. The maximum Gasteiger partial charge on any atom is 0.230 e. The number of aromatic nitrogens is 3. The molecule has 2 N–H and O–H groups in total. The van der Waals surface area contributed by atoms with Crippen molar-refractivity contribution in [1.82, 2.24) is 20.5 Å². The second-order valence-electron chi connectivity index (χ2n) is 7.07. The molecule has 0 aliphatic heterocycles. The summed E-state index contributed by atoms with van der Waals surface area (Å²) in [5.74, 6) is 2.71. The first-order chi connectivity index (χ1) is 11.0. The number of amides is 1. The number of carbonyl (C=O) groups is 1. The van der Waals surface area contributed by atoms with Gasteiger partial charge in [-0.1, -0.05) is 51.3 Å². The normalized spacial score (nSPS) is 16.9. The fourth-order valence-electron chi connectivity index (χ4n) is 3.06. The Morgan fingerprint density at radius 3 is 2.74 bits per heavy atom. The van der Waals surface area contributed by atoms with E-state index in [-0.39, 0.29) is 11.9 Å². The summed E-state index contributed by atoms with van der Waals surface area (Å²) in [6, 6.07) is 0.239. The zero-order chi connectivity index (χ0) is 16.7. The Hall–Kier alpha value is -1.04. The molecule has 0 aromatic carbocycles. The number of thioether (sulfide) groups is 1. The first-order valence-electron chi connectivity index (χ1n) is 8.89. The van der Waals surface area contributed by atoms with E-state index >= 15 is 0 Å². The van der Waals surface area contributed by atoms with E-state index in [0.29, 0.717) is 16.8 Å². The van der Waals surface area contributed by atoms with Crippen LogP contribution in [0.25, 0.3) is 0 Å². The molecule has 23 heavy (non-hydrogen) atoms. The van der Waals surface area contributed by atoms with Crippen LogP contribution in [0.1, 0.15) is 77.5 Å². The van der Waals surface area contributed by atoms with Crippen molar-refractivity contribution < 1.29 is 4.79 Å². The Labute approximate surface area is 143 Å². The van der Waals surface area contributed by atoms with Crippen molar-refractivity contribution in [2.24, 2.45) is 5.92 Å². The quantitative estimate of drug-likeness (QED) is 0.670. The number of hydrogen-bond donors (Lipinski definition) is 2. The largest absolute Gasteiger partial charge is 0.353 e. The van der Waals surface area contributed by atoms with Gasteiger partial charge in [-0.3, -0.25) is 9.89 Å². The Balaban J connectivity index is 1.65. The molecule has 1 atom stereocenters. The Morgan fingerprint density at radius 2 is 2.04 bits per heavy atom. The van der Waals surface area contributed by atoms with Gasteiger partial charge < -0.3 is 5.32 Å². The van der Waals surface area contributed by atoms with Gasteiger partial charge in [0.25, 0.3) is 0 Å². The summed E-state index contributed by atoms with van der Waals surface area (Å²) in [5.41, 5.74) is 0. The molecule has 6 heteroatoms. The van der Waals surface area contributed by atoms with Crippen molar-refractivity contribution in [3.63, 3.8) is 0 Å².